The molecule has 1 saturated heterocycles. The number of nitrogens with one attached hydrogen (secondary N) is 2. The van der Waals surface area contributed by atoms with Gasteiger partial charge in [0.15, 0.2) is 0 Å². The molecule has 3 amide bonds. The third kappa shape index (κ3) is 17.0. The van der Waals surface area contributed by atoms with Gasteiger partial charge in [-0.1, -0.05) is 59.9 Å². The predicted octanol–water partition coefficient (Wildman–Crippen LogP) is 5.59. The molecular weight excluding hydrogens is 674 g/mol. The van der Waals surface area contributed by atoms with Crippen molar-refractivity contribution in [2.45, 2.75) is 131 Å². The minimum Gasteiger partial charge on any atom is -0.493 e. The van der Waals surface area contributed by atoms with E-state index in [4.69, 9.17) is 19.9 Å². The number of benzene rings is 1. The van der Waals surface area contributed by atoms with Gasteiger partial charge in [-0.3, -0.25) is 14.5 Å². The number of carbonyl (C=O) groups excluding carboxylic acids is 3. The van der Waals surface area contributed by atoms with Crippen molar-refractivity contribution in [2.75, 3.05) is 53.6 Å². The van der Waals surface area contributed by atoms with E-state index in [-0.39, 0.29) is 18.3 Å². The van der Waals surface area contributed by atoms with E-state index in [2.05, 4.69) is 48.3 Å². The summed E-state index contributed by atoms with van der Waals surface area (Å²) >= 11 is 0. The smallest absolute Gasteiger partial charge is 0.407 e. The highest BCUT2D eigenvalue weighted by Gasteiger charge is 2.37. The van der Waals surface area contributed by atoms with Crippen molar-refractivity contribution in [3.8, 4) is 5.75 Å². The van der Waals surface area contributed by atoms with Gasteiger partial charge in [0.05, 0.1) is 24.3 Å². The van der Waals surface area contributed by atoms with Gasteiger partial charge in [0.25, 0.3) is 5.91 Å². The number of aliphatic hydroxyl groups is 1. The van der Waals surface area contributed by atoms with Gasteiger partial charge in [-0.2, -0.15) is 0 Å². The molecule has 0 saturated carbocycles. The number of nitrogens with zero attached hydrogens (tertiary/aromatic N) is 2. The van der Waals surface area contributed by atoms with E-state index in [0.29, 0.717) is 36.9 Å². The van der Waals surface area contributed by atoms with E-state index in [1.807, 2.05) is 26.0 Å². The number of hydrogen-bond acceptors (Lipinski definition) is 9. The van der Waals surface area contributed by atoms with E-state index in [9.17, 15) is 19.5 Å². The highest BCUT2D eigenvalue weighted by Crippen LogP contribution is 2.30. The van der Waals surface area contributed by atoms with Crippen LogP contribution in [0.25, 0.3) is 0 Å². The van der Waals surface area contributed by atoms with Crippen LogP contribution in [0.1, 0.15) is 116 Å². The molecule has 53 heavy (non-hydrogen) atoms. The first kappa shape index (κ1) is 46.2. The fraction of sp³-hybridized carbons (Fsp3) is 0.780. The van der Waals surface area contributed by atoms with Crippen LogP contribution in [0.2, 0.25) is 0 Å². The second kappa shape index (κ2) is 23.1. The molecule has 5 atom stereocenters. The normalized spacial score (nSPS) is 17.2. The molecular formula is C41H73N5O7. The number of piperazine rings is 1. The largest absolute Gasteiger partial charge is 0.493 e. The van der Waals surface area contributed by atoms with Crippen LogP contribution in [0.4, 0.5) is 4.79 Å². The zero-order valence-electron chi connectivity index (χ0n) is 34.5. The van der Waals surface area contributed by atoms with Crippen LogP contribution in [0, 0.1) is 23.7 Å². The summed E-state index contributed by atoms with van der Waals surface area (Å²) in [5, 5.41) is 17.6. The van der Waals surface area contributed by atoms with E-state index in [0.717, 1.165) is 70.4 Å². The number of methoxy groups -OCH3 is 1. The fourth-order valence-corrected chi connectivity index (χ4v) is 6.90. The van der Waals surface area contributed by atoms with E-state index >= 15 is 0 Å². The van der Waals surface area contributed by atoms with Crippen LogP contribution >= 0.6 is 0 Å². The SMILES string of the molecule is CCCCC(CC(O)C(CC(C(C)C)C(NC(=O)c1ccc(CN2CCN(C)CC2)cc1OCCCCOC)C(N)=O)NC(=O)OC(C)(C)C)C(C)C. The van der Waals surface area contributed by atoms with Crippen LogP contribution in [0.3, 0.4) is 0 Å². The highest BCUT2D eigenvalue weighted by atomic mass is 16.6. The molecule has 1 aromatic carbocycles. The molecule has 304 valence electrons. The first-order valence-electron chi connectivity index (χ1n) is 19.9. The van der Waals surface area contributed by atoms with Crippen molar-refractivity contribution >= 4 is 17.9 Å². The summed E-state index contributed by atoms with van der Waals surface area (Å²) in [6.07, 6.45) is 3.72. The third-order valence-corrected chi connectivity index (χ3v) is 10.3. The maximum atomic E-state index is 14.1. The summed E-state index contributed by atoms with van der Waals surface area (Å²) in [7, 11) is 3.79. The Morgan fingerprint density at radius 1 is 0.943 bits per heavy atom. The molecule has 5 N–H and O–H groups in total. The van der Waals surface area contributed by atoms with Crippen LogP contribution in [-0.2, 0) is 20.8 Å². The summed E-state index contributed by atoms with van der Waals surface area (Å²) in [5.74, 6) is -0.818. The van der Waals surface area contributed by atoms with Gasteiger partial charge in [-0.15, -0.1) is 0 Å². The lowest BCUT2D eigenvalue weighted by molar-refractivity contribution is -0.121. The number of alkyl carbamates (subject to hydrolysis) is 1. The maximum Gasteiger partial charge on any atom is 0.407 e. The average Bonchev–Trinajstić information content (AvgIpc) is 3.07. The van der Waals surface area contributed by atoms with Crippen molar-refractivity contribution in [3.05, 3.63) is 29.3 Å². The van der Waals surface area contributed by atoms with Crippen molar-refractivity contribution in [2.24, 2.45) is 29.4 Å². The Hall–Kier alpha value is -2.93. The molecule has 12 nitrogen and oxygen atoms in total. The summed E-state index contributed by atoms with van der Waals surface area (Å²) in [4.78, 5) is 45.1. The van der Waals surface area contributed by atoms with Gasteiger partial charge >= 0.3 is 6.09 Å². The number of unbranched alkanes of at least 4 members (excludes halogenated alkanes) is 2. The summed E-state index contributed by atoms with van der Waals surface area (Å²) in [6, 6.07) is 3.78. The Morgan fingerprint density at radius 2 is 1.60 bits per heavy atom. The zero-order chi connectivity index (χ0) is 39.7. The quantitative estimate of drug-likeness (QED) is 0.105. The van der Waals surface area contributed by atoms with Gasteiger partial charge in [0.2, 0.25) is 5.91 Å². The standard InChI is InChI=1S/C41H73N5O7/c1-11-12-15-31(28(2)3)25-35(47)34(43-40(50)53-41(6,7)8)26-33(29(4)5)37(38(42)48)44-39(49)32-17-16-30(27-46-20-18-45(9)19-21-46)24-36(32)52-23-14-13-22-51-10/h16-17,24,28-29,31,33-35,37,47H,11-15,18-23,25-27H2,1-10H3,(H2,42,48)(H,43,50)(H,44,49). The molecule has 1 fully saturated rings. The Kier molecular flexibility index (Phi) is 20.1. The number of carbonyl (C=O) groups is 3. The average molecular weight is 748 g/mol. The number of likely N-dealkylation sites (N-methyl/N-ethyl adjacent to an activating group) is 1. The molecule has 0 bridgehead atoms. The van der Waals surface area contributed by atoms with Crippen LogP contribution in [0.15, 0.2) is 18.2 Å². The van der Waals surface area contributed by atoms with Gasteiger partial charge < -0.3 is 40.6 Å². The minimum absolute atomic E-state index is 0.147. The van der Waals surface area contributed by atoms with Gasteiger partial charge in [-0.05, 0) is 94.9 Å². The highest BCUT2D eigenvalue weighted by molar-refractivity contribution is 5.99. The topological polar surface area (TPSA) is 156 Å². The minimum atomic E-state index is -1.09. The first-order chi connectivity index (χ1) is 24.9. The molecule has 1 aliphatic rings. The number of amides is 3. The van der Waals surface area contributed by atoms with Crippen molar-refractivity contribution in [1.29, 1.82) is 0 Å². The molecule has 0 aliphatic carbocycles. The lowest BCUT2D eigenvalue weighted by atomic mass is 9.78. The predicted molar refractivity (Wildman–Crippen MR) is 211 cm³/mol. The van der Waals surface area contributed by atoms with Crippen LogP contribution in [0.5, 0.6) is 5.75 Å². The zero-order valence-corrected chi connectivity index (χ0v) is 34.5. The second-order valence-corrected chi connectivity index (χ2v) is 16.7. The molecule has 0 spiro atoms. The molecule has 1 heterocycles. The number of aliphatic hydroxyl groups excluding tert-OH is 1. The molecule has 1 aromatic rings. The fourth-order valence-electron chi connectivity index (χ4n) is 6.90. The Balaban J connectivity index is 2.40. The van der Waals surface area contributed by atoms with Crippen molar-refractivity contribution in [1.82, 2.24) is 20.4 Å². The monoisotopic (exact) mass is 748 g/mol. The molecule has 2 rings (SSSR count). The molecule has 5 unspecified atom stereocenters. The third-order valence-electron chi connectivity index (χ3n) is 10.3. The number of primary amides is 1. The lowest BCUT2D eigenvalue weighted by Crippen LogP contribution is -2.54. The van der Waals surface area contributed by atoms with Crippen molar-refractivity contribution in [3.63, 3.8) is 0 Å². The summed E-state index contributed by atoms with van der Waals surface area (Å²) in [5.41, 5.74) is 6.64. The Bertz CT molecular complexity index is 1250. The van der Waals surface area contributed by atoms with Crippen LogP contribution < -0.4 is 21.1 Å². The van der Waals surface area contributed by atoms with Crippen molar-refractivity contribution < 1.29 is 33.7 Å². The van der Waals surface area contributed by atoms with E-state index < -0.39 is 47.6 Å². The Labute approximate surface area is 320 Å². The Morgan fingerprint density at radius 3 is 2.17 bits per heavy atom. The second-order valence-electron chi connectivity index (χ2n) is 16.7. The number of nitrogens with two attached hydrogens (primary N) is 1. The molecule has 1 aliphatic heterocycles. The number of rotatable bonds is 23. The van der Waals surface area contributed by atoms with Gasteiger partial charge in [0, 0.05) is 46.4 Å². The maximum absolute atomic E-state index is 14.1. The number of ether oxygens (including phenoxy) is 3. The summed E-state index contributed by atoms with van der Waals surface area (Å²) < 4.78 is 17.0. The molecule has 12 heteroatoms. The first-order valence-corrected chi connectivity index (χ1v) is 19.9. The molecule has 0 aromatic heterocycles. The van der Waals surface area contributed by atoms with E-state index in [1.165, 1.54) is 0 Å². The lowest BCUT2D eigenvalue weighted by Gasteiger charge is -2.36. The van der Waals surface area contributed by atoms with E-state index in [1.54, 1.807) is 33.9 Å². The van der Waals surface area contributed by atoms with Crippen LogP contribution in [-0.4, -0.2) is 110 Å². The molecule has 0 radical (unpaired) electrons. The number of hydrogen-bond donors (Lipinski definition) is 4. The van der Waals surface area contributed by atoms with Gasteiger partial charge in [-0.25, -0.2) is 4.79 Å². The summed E-state index contributed by atoms with van der Waals surface area (Å²) in [6.45, 7) is 21.3. The van der Waals surface area contributed by atoms with Gasteiger partial charge in [0.1, 0.15) is 17.4 Å².